The van der Waals surface area contributed by atoms with Gasteiger partial charge in [0.2, 0.25) is 5.56 Å². The number of phenolic OH excluding ortho intramolecular Hbond substituents is 1. The van der Waals surface area contributed by atoms with Crippen molar-refractivity contribution in [3.63, 3.8) is 0 Å². The molecule has 5 N–H and O–H groups in total. The van der Waals surface area contributed by atoms with Gasteiger partial charge in [0.1, 0.15) is 17.5 Å². The van der Waals surface area contributed by atoms with E-state index in [9.17, 15) is 14.7 Å². The van der Waals surface area contributed by atoms with Crippen molar-refractivity contribution in [2.45, 2.75) is 18.9 Å². The highest BCUT2D eigenvalue weighted by Crippen LogP contribution is 2.35. The van der Waals surface area contributed by atoms with Crippen molar-refractivity contribution in [1.29, 1.82) is 0 Å². The van der Waals surface area contributed by atoms with Crippen molar-refractivity contribution in [2.24, 2.45) is 5.73 Å². The van der Waals surface area contributed by atoms with Gasteiger partial charge < -0.3 is 25.7 Å². The number of hydrogen-bond donors (Lipinski definition) is 4. The topological polar surface area (TPSA) is 126 Å². The number of aromatic amines is 1. The smallest absolute Gasteiger partial charge is 0.320 e. The Kier molecular flexibility index (Phi) is 7.36. The Morgan fingerprint density at radius 2 is 1.80 bits per heavy atom. The SMILES string of the molecule is NC(Cc1cc(I)c(Oc2ccc(O)c(Cc3cc[nH]c(=O)c3)c2)c(I)c1)C(=O)O. The Balaban J connectivity index is 1.84. The molecule has 0 amide bonds. The van der Waals surface area contributed by atoms with E-state index in [4.69, 9.17) is 15.6 Å². The summed E-state index contributed by atoms with van der Waals surface area (Å²) in [6.07, 6.45) is 2.17. The van der Waals surface area contributed by atoms with E-state index in [2.05, 4.69) is 50.2 Å². The molecule has 0 saturated heterocycles. The van der Waals surface area contributed by atoms with E-state index in [1.807, 2.05) is 12.1 Å². The summed E-state index contributed by atoms with van der Waals surface area (Å²) in [6, 6.07) is 10.9. The van der Waals surface area contributed by atoms with Crippen LogP contribution in [0.1, 0.15) is 16.7 Å². The van der Waals surface area contributed by atoms with Crippen LogP contribution >= 0.6 is 45.2 Å². The molecule has 0 aliphatic carbocycles. The average Bonchev–Trinajstić information content (AvgIpc) is 2.67. The van der Waals surface area contributed by atoms with Gasteiger partial charge in [0.15, 0.2) is 5.75 Å². The number of aromatic hydroxyl groups is 1. The molecule has 1 atom stereocenters. The van der Waals surface area contributed by atoms with E-state index in [0.29, 0.717) is 23.5 Å². The first-order valence-electron chi connectivity index (χ1n) is 8.86. The number of halogens is 2. The van der Waals surface area contributed by atoms with Crippen molar-refractivity contribution in [2.75, 3.05) is 0 Å². The van der Waals surface area contributed by atoms with Crippen LogP contribution in [-0.4, -0.2) is 27.2 Å². The van der Waals surface area contributed by atoms with Gasteiger partial charge in [-0.2, -0.15) is 0 Å². The molecule has 9 heteroatoms. The molecule has 30 heavy (non-hydrogen) atoms. The molecule has 0 spiro atoms. The van der Waals surface area contributed by atoms with Crippen LogP contribution in [-0.2, 0) is 17.6 Å². The number of hydrogen-bond acceptors (Lipinski definition) is 5. The summed E-state index contributed by atoms with van der Waals surface area (Å²) in [4.78, 5) is 25.1. The number of carbonyl (C=O) groups is 1. The number of ether oxygens (including phenoxy) is 1. The number of carboxylic acids is 1. The highest BCUT2D eigenvalue weighted by molar-refractivity contribution is 14.1. The first kappa shape index (κ1) is 22.6. The standard InChI is InChI=1S/C21H18I2N2O5/c22-15-6-12(8-17(24)21(28)29)7-16(23)20(15)30-14-1-2-18(26)13(10-14)5-11-3-4-25-19(27)9-11/h1-4,6-7,9-10,17,26H,5,8,24H2,(H,25,27)(H,28,29). The number of aliphatic carboxylic acids is 1. The summed E-state index contributed by atoms with van der Waals surface area (Å²) in [7, 11) is 0. The average molecular weight is 632 g/mol. The van der Waals surface area contributed by atoms with Crippen molar-refractivity contribution in [3.05, 3.63) is 82.8 Å². The fourth-order valence-corrected chi connectivity index (χ4v) is 4.99. The molecule has 7 nitrogen and oxygen atoms in total. The molecule has 0 aliphatic rings. The molecule has 2 aromatic carbocycles. The summed E-state index contributed by atoms with van der Waals surface area (Å²) in [5.41, 5.74) is 7.65. The monoisotopic (exact) mass is 632 g/mol. The third-order valence-corrected chi connectivity index (χ3v) is 5.94. The van der Waals surface area contributed by atoms with Crippen molar-refractivity contribution in [1.82, 2.24) is 4.98 Å². The largest absolute Gasteiger partial charge is 0.508 e. The highest BCUT2D eigenvalue weighted by Gasteiger charge is 2.16. The second kappa shape index (κ2) is 9.79. The second-order valence-electron chi connectivity index (χ2n) is 6.67. The predicted molar refractivity (Wildman–Crippen MR) is 129 cm³/mol. The number of nitrogens with one attached hydrogen (secondary N) is 1. The zero-order chi connectivity index (χ0) is 21.8. The van der Waals surface area contributed by atoms with Gasteiger partial charge in [0, 0.05) is 24.2 Å². The number of aromatic nitrogens is 1. The van der Waals surface area contributed by atoms with Gasteiger partial charge in [-0.05, 0) is 99.1 Å². The van der Waals surface area contributed by atoms with E-state index in [-0.39, 0.29) is 17.7 Å². The molecule has 1 heterocycles. The van der Waals surface area contributed by atoms with Crippen LogP contribution in [0.15, 0.2) is 53.5 Å². The number of carboxylic acid groups (broad SMARTS) is 1. The molecular formula is C21H18I2N2O5. The lowest BCUT2D eigenvalue weighted by Gasteiger charge is -2.14. The third kappa shape index (κ3) is 5.73. The van der Waals surface area contributed by atoms with Gasteiger partial charge in [-0.15, -0.1) is 0 Å². The normalized spacial score (nSPS) is 11.8. The van der Waals surface area contributed by atoms with Crippen LogP contribution in [0.5, 0.6) is 17.2 Å². The molecule has 1 aromatic heterocycles. The summed E-state index contributed by atoms with van der Waals surface area (Å²) in [5.74, 6) is 0.248. The van der Waals surface area contributed by atoms with Crippen molar-refractivity contribution >= 4 is 51.2 Å². The second-order valence-corrected chi connectivity index (χ2v) is 8.99. The van der Waals surface area contributed by atoms with E-state index in [1.165, 1.54) is 6.07 Å². The minimum atomic E-state index is -1.04. The molecule has 0 aliphatic heterocycles. The minimum absolute atomic E-state index is 0.116. The molecule has 0 saturated carbocycles. The molecule has 0 radical (unpaired) electrons. The summed E-state index contributed by atoms with van der Waals surface area (Å²) < 4.78 is 7.69. The van der Waals surface area contributed by atoms with Gasteiger partial charge in [-0.1, -0.05) is 0 Å². The fourth-order valence-electron chi connectivity index (χ4n) is 2.87. The highest BCUT2D eigenvalue weighted by atomic mass is 127. The molecule has 0 bridgehead atoms. The number of pyridine rings is 1. The Bertz CT molecular complexity index is 1120. The molecule has 3 aromatic rings. The fraction of sp³-hybridized carbons (Fsp3) is 0.143. The van der Waals surface area contributed by atoms with Gasteiger partial charge in [0.25, 0.3) is 0 Å². The number of nitrogens with two attached hydrogens (primary N) is 1. The van der Waals surface area contributed by atoms with E-state index >= 15 is 0 Å². The van der Waals surface area contributed by atoms with Gasteiger partial charge in [-0.3, -0.25) is 9.59 Å². The zero-order valence-corrected chi connectivity index (χ0v) is 19.9. The van der Waals surface area contributed by atoms with E-state index in [1.54, 1.807) is 30.5 Å². The van der Waals surface area contributed by atoms with Crippen LogP contribution in [0.3, 0.4) is 0 Å². The maximum absolute atomic E-state index is 11.5. The Hall–Kier alpha value is -2.12. The summed E-state index contributed by atoms with van der Waals surface area (Å²) in [6.45, 7) is 0. The van der Waals surface area contributed by atoms with Gasteiger partial charge >= 0.3 is 5.97 Å². The number of rotatable bonds is 7. The lowest BCUT2D eigenvalue weighted by atomic mass is 10.0. The van der Waals surface area contributed by atoms with Crippen LogP contribution in [0.4, 0.5) is 0 Å². The summed E-state index contributed by atoms with van der Waals surface area (Å²) >= 11 is 4.27. The van der Waals surface area contributed by atoms with E-state index < -0.39 is 12.0 Å². The third-order valence-electron chi connectivity index (χ3n) is 4.34. The van der Waals surface area contributed by atoms with E-state index in [0.717, 1.165) is 18.3 Å². The van der Waals surface area contributed by atoms with Gasteiger partial charge in [0.05, 0.1) is 7.14 Å². The lowest BCUT2D eigenvalue weighted by Crippen LogP contribution is -2.32. The van der Waals surface area contributed by atoms with Crippen molar-refractivity contribution in [3.8, 4) is 17.2 Å². The minimum Gasteiger partial charge on any atom is -0.508 e. The number of phenols is 1. The Labute approximate surface area is 199 Å². The Morgan fingerprint density at radius 1 is 1.10 bits per heavy atom. The van der Waals surface area contributed by atoms with Crippen LogP contribution in [0, 0.1) is 7.14 Å². The quantitative estimate of drug-likeness (QED) is 0.295. The molecule has 3 rings (SSSR count). The first-order chi connectivity index (χ1) is 14.2. The van der Waals surface area contributed by atoms with Gasteiger partial charge in [-0.25, -0.2) is 0 Å². The lowest BCUT2D eigenvalue weighted by molar-refractivity contribution is -0.138. The molecular weight excluding hydrogens is 614 g/mol. The van der Waals surface area contributed by atoms with Crippen LogP contribution < -0.4 is 16.0 Å². The Morgan fingerprint density at radius 3 is 2.43 bits per heavy atom. The first-order valence-corrected chi connectivity index (χ1v) is 11.0. The number of H-pyrrole nitrogens is 1. The van der Waals surface area contributed by atoms with Crippen LogP contribution in [0.2, 0.25) is 0 Å². The maximum Gasteiger partial charge on any atom is 0.320 e. The molecule has 1 unspecified atom stereocenters. The zero-order valence-electron chi connectivity index (χ0n) is 15.6. The van der Waals surface area contributed by atoms with Crippen molar-refractivity contribution < 1.29 is 19.7 Å². The maximum atomic E-state index is 11.5. The molecule has 0 fully saturated rings. The predicted octanol–water partition coefficient (Wildman–Crippen LogP) is 3.63. The molecule has 156 valence electrons. The summed E-state index contributed by atoms with van der Waals surface area (Å²) in [5, 5.41) is 19.2. The number of benzene rings is 2. The van der Waals surface area contributed by atoms with Crippen LogP contribution in [0.25, 0.3) is 0 Å².